The second-order valence-electron chi connectivity index (χ2n) is 5.19. The molecule has 1 amide bonds. The minimum Gasteiger partial charge on any atom is -0.383 e. The Balaban J connectivity index is 2.59. The monoisotopic (exact) mass is 300 g/mol. The molecule has 1 N–H and O–H groups in total. The molecule has 0 aliphatic carbocycles. The summed E-state index contributed by atoms with van der Waals surface area (Å²) >= 11 is 0. The summed E-state index contributed by atoms with van der Waals surface area (Å²) < 4.78 is 31.1. The van der Waals surface area contributed by atoms with E-state index in [1.54, 1.807) is 19.1 Å². The van der Waals surface area contributed by atoms with Crippen LogP contribution in [0.5, 0.6) is 0 Å². The smallest absolute Gasteiger partial charge is 0.234 e. The van der Waals surface area contributed by atoms with Gasteiger partial charge in [0, 0.05) is 19.2 Å². The normalized spacial score (nSPS) is 14.0. The van der Waals surface area contributed by atoms with Gasteiger partial charge in [-0.25, -0.2) is 8.78 Å². The number of benzene rings is 1. The highest BCUT2D eigenvalue weighted by molar-refractivity contribution is 5.78. The van der Waals surface area contributed by atoms with Crippen molar-refractivity contribution in [1.82, 2.24) is 10.2 Å². The lowest BCUT2D eigenvalue weighted by Crippen LogP contribution is -2.42. The maximum Gasteiger partial charge on any atom is 0.234 e. The minimum atomic E-state index is -0.883. The summed E-state index contributed by atoms with van der Waals surface area (Å²) in [7, 11) is 3.33. The van der Waals surface area contributed by atoms with Crippen LogP contribution in [-0.2, 0) is 9.53 Å². The van der Waals surface area contributed by atoms with Crippen molar-refractivity contribution in [3.63, 3.8) is 0 Å². The molecule has 4 nitrogen and oxygen atoms in total. The van der Waals surface area contributed by atoms with Crippen LogP contribution in [-0.4, -0.2) is 44.2 Å². The number of ether oxygens (including phenoxy) is 1. The molecule has 1 aromatic carbocycles. The molecule has 0 saturated carbocycles. The standard InChI is InChI=1S/C15H22F2N2O2/c1-10(9-21-4)18-15(20)8-19(3)11(2)12-5-6-13(16)14(17)7-12/h5-7,10-11H,8-9H2,1-4H3,(H,18,20). The summed E-state index contributed by atoms with van der Waals surface area (Å²) in [5, 5.41) is 2.80. The molecular weight excluding hydrogens is 278 g/mol. The molecule has 2 atom stereocenters. The van der Waals surface area contributed by atoms with Crippen LogP contribution in [0.15, 0.2) is 18.2 Å². The molecule has 0 heterocycles. The molecule has 0 aromatic heterocycles. The molecular formula is C15H22F2N2O2. The third kappa shape index (κ3) is 5.40. The van der Waals surface area contributed by atoms with Crippen molar-refractivity contribution in [3.8, 4) is 0 Å². The van der Waals surface area contributed by atoms with E-state index in [0.717, 1.165) is 12.1 Å². The zero-order valence-electron chi connectivity index (χ0n) is 12.8. The summed E-state index contributed by atoms with van der Waals surface area (Å²) in [6.45, 7) is 4.28. The molecule has 0 radical (unpaired) electrons. The van der Waals surface area contributed by atoms with Gasteiger partial charge in [-0.2, -0.15) is 0 Å². The van der Waals surface area contributed by atoms with E-state index in [0.29, 0.717) is 12.2 Å². The third-order valence-corrected chi connectivity index (χ3v) is 3.30. The molecule has 2 unspecified atom stereocenters. The van der Waals surface area contributed by atoms with Gasteiger partial charge in [-0.1, -0.05) is 6.07 Å². The van der Waals surface area contributed by atoms with Gasteiger partial charge < -0.3 is 10.1 Å². The number of hydrogen-bond donors (Lipinski definition) is 1. The Hall–Kier alpha value is -1.53. The van der Waals surface area contributed by atoms with Crippen molar-refractivity contribution in [2.75, 3.05) is 27.3 Å². The maximum absolute atomic E-state index is 13.2. The predicted octanol–water partition coefficient (Wildman–Crippen LogP) is 2.11. The fourth-order valence-corrected chi connectivity index (χ4v) is 2.00. The van der Waals surface area contributed by atoms with E-state index in [2.05, 4.69) is 5.32 Å². The van der Waals surface area contributed by atoms with Crippen LogP contribution in [0.1, 0.15) is 25.5 Å². The number of nitrogens with zero attached hydrogens (tertiary/aromatic N) is 1. The Morgan fingerprint density at radius 1 is 1.33 bits per heavy atom. The van der Waals surface area contributed by atoms with Gasteiger partial charge in [0.2, 0.25) is 5.91 Å². The molecule has 6 heteroatoms. The van der Waals surface area contributed by atoms with Gasteiger partial charge in [-0.15, -0.1) is 0 Å². The summed E-state index contributed by atoms with van der Waals surface area (Å²) in [4.78, 5) is 13.6. The van der Waals surface area contributed by atoms with Gasteiger partial charge in [-0.3, -0.25) is 9.69 Å². The Morgan fingerprint density at radius 2 is 2.00 bits per heavy atom. The van der Waals surface area contributed by atoms with Gasteiger partial charge in [0.05, 0.1) is 13.2 Å². The topological polar surface area (TPSA) is 41.6 Å². The first-order chi connectivity index (χ1) is 9.85. The van der Waals surface area contributed by atoms with Gasteiger partial charge in [0.1, 0.15) is 0 Å². The second kappa shape index (κ2) is 8.05. The molecule has 21 heavy (non-hydrogen) atoms. The summed E-state index contributed by atoms with van der Waals surface area (Å²) in [6, 6.07) is 3.49. The average Bonchev–Trinajstić information content (AvgIpc) is 2.41. The van der Waals surface area contributed by atoms with Crippen molar-refractivity contribution < 1.29 is 18.3 Å². The Labute approximate surface area is 124 Å². The largest absolute Gasteiger partial charge is 0.383 e. The zero-order valence-corrected chi connectivity index (χ0v) is 12.8. The zero-order chi connectivity index (χ0) is 16.0. The average molecular weight is 300 g/mol. The van der Waals surface area contributed by atoms with Crippen LogP contribution >= 0.6 is 0 Å². The molecule has 0 aliphatic heterocycles. The van der Waals surface area contributed by atoms with Crippen molar-refractivity contribution >= 4 is 5.91 Å². The first-order valence-electron chi connectivity index (χ1n) is 6.78. The molecule has 1 aromatic rings. The number of likely N-dealkylation sites (N-methyl/N-ethyl adjacent to an activating group) is 1. The lowest BCUT2D eigenvalue weighted by Gasteiger charge is -2.25. The summed E-state index contributed by atoms with van der Waals surface area (Å²) in [5.74, 6) is -1.90. The molecule has 0 spiro atoms. The van der Waals surface area contributed by atoms with E-state index in [4.69, 9.17) is 4.74 Å². The number of carbonyl (C=O) groups is 1. The first-order valence-corrected chi connectivity index (χ1v) is 6.78. The molecule has 0 fully saturated rings. The van der Waals surface area contributed by atoms with E-state index in [-0.39, 0.29) is 24.5 Å². The SMILES string of the molecule is COCC(C)NC(=O)CN(C)C(C)c1ccc(F)c(F)c1. The van der Waals surface area contributed by atoms with Gasteiger partial charge in [0.15, 0.2) is 11.6 Å². The predicted molar refractivity (Wildman–Crippen MR) is 76.9 cm³/mol. The van der Waals surface area contributed by atoms with Crippen molar-refractivity contribution in [2.45, 2.75) is 25.9 Å². The fourth-order valence-electron chi connectivity index (χ4n) is 2.00. The lowest BCUT2D eigenvalue weighted by atomic mass is 10.1. The van der Waals surface area contributed by atoms with E-state index in [1.807, 2.05) is 13.8 Å². The van der Waals surface area contributed by atoms with Gasteiger partial charge in [0.25, 0.3) is 0 Å². The quantitative estimate of drug-likeness (QED) is 0.838. The van der Waals surface area contributed by atoms with Gasteiger partial charge >= 0.3 is 0 Å². The molecule has 118 valence electrons. The highest BCUT2D eigenvalue weighted by Gasteiger charge is 2.17. The molecule has 0 aliphatic rings. The Morgan fingerprint density at radius 3 is 2.57 bits per heavy atom. The van der Waals surface area contributed by atoms with Crippen LogP contribution in [0.4, 0.5) is 8.78 Å². The van der Waals surface area contributed by atoms with Gasteiger partial charge in [-0.05, 0) is 38.6 Å². The first kappa shape index (κ1) is 17.5. The number of carbonyl (C=O) groups excluding carboxylic acids is 1. The summed E-state index contributed by atoms with van der Waals surface area (Å²) in [6.07, 6.45) is 0. The van der Waals surface area contributed by atoms with Crippen LogP contribution in [0, 0.1) is 11.6 Å². The number of nitrogens with one attached hydrogen (secondary N) is 1. The maximum atomic E-state index is 13.2. The fraction of sp³-hybridized carbons (Fsp3) is 0.533. The molecule has 0 bridgehead atoms. The van der Waals surface area contributed by atoms with E-state index in [9.17, 15) is 13.6 Å². The molecule has 0 saturated heterocycles. The van der Waals surface area contributed by atoms with Crippen LogP contribution < -0.4 is 5.32 Å². The van der Waals surface area contributed by atoms with Crippen LogP contribution in [0.2, 0.25) is 0 Å². The number of amides is 1. The Kier molecular flexibility index (Phi) is 6.71. The van der Waals surface area contributed by atoms with Crippen molar-refractivity contribution in [2.24, 2.45) is 0 Å². The summed E-state index contributed by atoms with van der Waals surface area (Å²) in [5.41, 5.74) is 0.620. The number of halogens is 2. The second-order valence-corrected chi connectivity index (χ2v) is 5.19. The van der Waals surface area contributed by atoms with Crippen molar-refractivity contribution in [1.29, 1.82) is 0 Å². The lowest BCUT2D eigenvalue weighted by molar-refractivity contribution is -0.123. The highest BCUT2D eigenvalue weighted by atomic mass is 19.2. The number of hydrogen-bond acceptors (Lipinski definition) is 3. The van der Waals surface area contributed by atoms with Crippen LogP contribution in [0.25, 0.3) is 0 Å². The number of methoxy groups -OCH3 is 1. The van der Waals surface area contributed by atoms with E-state index in [1.165, 1.54) is 6.07 Å². The highest BCUT2D eigenvalue weighted by Crippen LogP contribution is 2.20. The van der Waals surface area contributed by atoms with Crippen molar-refractivity contribution in [3.05, 3.63) is 35.4 Å². The van der Waals surface area contributed by atoms with E-state index < -0.39 is 11.6 Å². The molecule has 1 rings (SSSR count). The van der Waals surface area contributed by atoms with E-state index >= 15 is 0 Å². The minimum absolute atomic E-state index is 0.0746. The Bertz CT molecular complexity index is 483. The number of rotatable bonds is 7. The van der Waals surface area contributed by atoms with Crippen LogP contribution in [0.3, 0.4) is 0 Å². The third-order valence-electron chi connectivity index (χ3n) is 3.30.